The molecule has 1 aliphatic rings. The molecule has 5 heteroatoms. The molecule has 2 rings (SSSR count). The molecule has 1 fully saturated rings. The van der Waals surface area contributed by atoms with Gasteiger partial charge in [0.15, 0.2) is 0 Å². The van der Waals surface area contributed by atoms with E-state index in [4.69, 9.17) is 0 Å². The average Bonchev–Trinajstić information content (AvgIpc) is 2.82. The zero-order valence-electron chi connectivity index (χ0n) is 7.92. The molecule has 0 saturated heterocycles. The lowest BCUT2D eigenvalue weighted by molar-refractivity contribution is -0.120. The van der Waals surface area contributed by atoms with Crippen molar-refractivity contribution in [1.29, 1.82) is 0 Å². The number of rotatable bonds is 5. The van der Waals surface area contributed by atoms with Crippen LogP contribution in [-0.2, 0) is 11.3 Å². The molecular weight excluding hydrogens is 180 g/mol. The van der Waals surface area contributed by atoms with E-state index in [1.807, 2.05) is 0 Å². The Hall–Kier alpha value is -1.36. The molecule has 1 heterocycles. The molecule has 1 aromatic rings. The first-order valence-electron chi connectivity index (χ1n) is 4.83. The minimum Gasteiger partial charge on any atom is -0.352 e. The first-order valence-corrected chi connectivity index (χ1v) is 4.83. The predicted octanol–water partition coefficient (Wildman–Crippen LogP) is -0.222. The van der Waals surface area contributed by atoms with Crippen LogP contribution in [0.1, 0.15) is 18.7 Å². The number of carbonyl (C=O) groups is 1. The molecule has 5 nitrogen and oxygen atoms in total. The number of nitrogens with zero attached hydrogens (tertiary/aromatic N) is 1. The Labute approximate surface area is 82.3 Å². The lowest BCUT2D eigenvalue weighted by atomic mass is 10.5. The van der Waals surface area contributed by atoms with Gasteiger partial charge < -0.3 is 15.6 Å². The van der Waals surface area contributed by atoms with Crippen LogP contribution in [0.15, 0.2) is 12.4 Å². The van der Waals surface area contributed by atoms with Crippen LogP contribution in [0, 0.1) is 0 Å². The molecule has 0 spiro atoms. The van der Waals surface area contributed by atoms with E-state index >= 15 is 0 Å². The van der Waals surface area contributed by atoms with Crippen molar-refractivity contribution in [1.82, 2.24) is 20.6 Å². The van der Waals surface area contributed by atoms with Gasteiger partial charge in [-0.05, 0) is 12.8 Å². The zero-order valence-corrected chi connectivity index (χ0v) is 7.92. The Bertz CT molecular complexity index is 292. The van der Waals surface area contributed by atoms with Crippen molar-refractivity contribution >= 4 is 5.91 Å². The smallest absolute Gasteiger partial charge is 0.234 e. The second kappa shape index (κ2) is 4.23. The minimum absolute atomic E-state index is 0.0686. The lowest BCUT2D eigenvalue weighted by Crippen LogP contribution is -2.34. The summed E-state index contributed by atoms with van der Waals surface area (Å²) in [4.78, 5) is 18.2. The molecule has 3 N–H and O–H groups in total. The quantitative estimate of drug-likeness (QED) is 0.607. The fourth-order valence-electron chi connectivity index (χ4n) is 1.20. The molecule has 1 aromatic heterocycles. The molecule has 0 aromatic carbocycles. The number of carbonyl (C=O) groups excluding carboxylic acids is 1. The summed E-state index contributed by atoms with van der Waals surface area (Å²) < 4.78 is 0. The Morgan fingerprint density at radius 1 is 1.64 bits per heavy atom. The van der Waals surface area contributed by atoms with Gasteiger partial charge in [0.05, 0.1) is 13.1 Å². The van der Waals surface area contributed by atoms with Gasteiger partial charge in [-0.15, -0.1) is 0 Å². The number of nitrogens with one attached hydrogen (secondary N) is 3. The maximum atomic E-state index is 11.2. The molecule has 0 unspecified atom stereocenters. The summed E-state index contributed by atoms with van der Waals surface area (Å²) in [5, 5.41) is 5.92. The molecule has 0 atom stereocenters. The number of H-pyrrole nitrogens is 1. The van der Waals surface area contributed by atoms with Crippen molar-refractivity contribution in [2.45, 2.75) is 25.4 Å². The number of hydrogen-bond donors (Lipinski definition) is 3. The number of aromatic amines is 1. The lowest BCUT2D eigenvalue weighted by Gasteiger charge is -2.03. The molecule has 1 saturated carbocycles. The fourth-order valence-corrected chi connectivity index (χ4v) is 1.20. The summed E-state index contributed by atoms with van der Waals surface area (Å²) in [6.07, 6.45) is 5.72. The average molecular weight is 194 g/mol. The van der Waals surface area contributed by atoms with E-state index in [1.54, 1.807) is 12.4 Å². The molecule has 0 bridgehead atoms. The zero-order chi connectivity index (χ0) is 9.80. The van der Waals surface area contributed by atoms with Crippen LogP contribution in [-0.4, -0.2) is 28.5 Å². The summed E-state index contributed by atoms with van der Waals surface area (Å²) in [6, 6.07) is 0.438. The SMILES string of the molecule is O=C(CNCc1ncc[nH]1)NC1CC1. The van der Waals surface area contributed by atoms with Crippen LogP contribution < -0.4 is 10.6 Å². The van der Waals surface area contributed by atoms with Gasteiger partial charge in [-0.1, -0.05) is 0 Å². The highest BCUT2D eigenvalue weighted by Crippen LogP contribution is 2.18. The minimum atomic E-state index is 0.0686. The van der Waals surface area contributed by atoms with Gasteiger partial charge in [-0.25, -0.2) is 4.98 Å². The maximum absolute atomic E-state index is 11.2. The van der Waals surface area contributed by atoms with Crippen LogP contribution in [0.3, 0.4) is 0 Å². The van der Waals surface area contributed by atoms with E-state index in [0.29, 0.717) is 19.1 Å². The largest absolute Gasteiger partial charge is 0.352 e. The monoisotopic (exact) mass is 194 g/mol. The topological polar surface area (TPSA) is 69.8 Å². The van der Waals surface area contributed by atoms with E-state index in [-0.39, 0.29) is 5.91 Å². The predicted molar refractivity (Wildman–Crippen MR) is 51.5 cm³/mol. The van der Waals surface area contributed by atoms with Crippen molar-refractivity contribution in [2.24, 2.45) is 0 Å². The van der Waals surface area contributed by atoms with Crippen molar-refractivity contribution in [2.75, 3.05) is 6.54 Å². The molecule has 0 radical (unpaired) electrons. The first kappa shape index (κ1) is 9.21. The first-order chi connectivity index (χ1) is 6.84. The summed E-state index contributed by atoms with van der Waals surface area (Å²) >= 11 is 0. The number of amides is 1. The second-order valence-corrected chi connectivity index (χ2v) is 3.48. The second-order valence-electron chi connectivity index (χ2n) is 3.48. The molecule has 1 aliphatic carbocycles. The van der Waals surface area contributed by atoms with Crippen molar-refractivity contribution in [3.8, 4) is 0 Å². The number of imidazole rings is 1. The normalized spacial score (nSPS) is 15.4. The summed E-state index contributed by atoms with van der Waals surface area (Å²) in [5.41, 5.74) is 0. The Morgan fingerprint density at radius 3 is 3.14 bits per heavy atom. The van der Waals surface area contributed by atoms with Gasteiger partial charge >= 0.3 is 0 Å². The highest BCUT2D eigenvalue weighted by Gasteiger charge is 2.22. The number of aromatic nitrogens is 2. The van der Waals surface area contributed by atoms with E-state index in [9.17, 15) is 4.79 Å². The van der Waals surface area contributed by atoms with E-state index in [0.717, 1.165) is 18.7 Å². The Kier molecular flexibility index (Phi) is 2.78. The Morgan fingerprint density at radius 2 is 2.50 bits per heavy atom. The third-order valence-corrected chi connectivity index (χ3v) is 2.08. The van der Waals surface area contributed by atoms with E-state index in [2.05, 4.69) is 20.6 Å². The highest BCUT2D eigenvalue weighted by molar-refractivity contribution is 5.78. The van der Waals surface area contributed by atoms with Crippen molar-refractivity contribution in [3.63, 3.8) is 0 Å². The van der Waals surface area contributed by atoms with Crippen LogP contribution in [0.2, 0.25) is 0 Å². The summed E-state index contributed by atoms with van der Waals surface area (Å²) in [7, 11) is 0. The summed E-state index contributed by atoms with van der Waals surface area (Å²) in [5.74, 6) is 0.920. The number of hydrogen-bond acceptors (Lipinski definition) is 3. The third kappa shape index (κ3) is 2.85. The van der Waals surface area contributed by atoms with Gasteiger partial charge in [0, 0.05) is 18.4 Å². The molecule has 1 amide bonds. The van der Waals surface area contributed by atoms with Gasteiger partial charge in [-0.3, -0.25) is 4.79 Å². The molecular formula is C9H14N4O. The van der Waals surface area contributed by atoms with E-state index < -0.39 is 0 Å². The fraction of sp³-hybridized carbons (Fsp3) is 0.556. The molecule has 0 aliphatic heterocycles. The van der Waals surface area contributed by atoms with Crippen LogP contribution in [0.25, 0.3) is 0 Å². The molecule has 14 heavy (non-hydrogen) atoms. The van der Waals surface area contributed by atoms with Gasteiger partial charge in [0.1, 0.15) is 5.82 Å². The van der Waals surface area contributed by atoms with Crippen LogP contribution >= 0.6 is 0 Å². The Balaban J connectivity index is 1.60. The van der Waals surface area contributed by atoms with Crippen molar-refractivity contribution < 1.29 is 4.79 Å². The van der Waals surface area contributed by atoms with Gasteiger partial charge in [-0.2, -0.15) is 0 Å². The summed E-state index contributed by atoms with van der Waals surface area (Å²) in [6.45, 7) is 0.961. The van der Waals surface area contributed by atoms with Crippen LogP contribution in [0.5, 0.6) is 0 Å². The van der Waals surface area contributed by atoms with Crippen LogP contribution in [0.4, 0.5) is 0 Å². The highest BCUT2D eigenvalue weighted by atomic mass is 16.2. The maximum Gasteiger partial charge on any atom is 0.234 e. The standard InChI is InChI=1S/C9H14N4O/c14-9(13-7-1-2-7)6-10-5-8-11-3-4-12-8/h3-4,7,10H,1-2,5-6H2,(H,11,12)(H,13,14). The van der Waals surface area contributed by atoms with E-state index in [1.165, 1.54) is 0 Å². The third-order valence-electron chi connectivity index (χ3n) is 2.08. The van der Waals surface area contributed by atoms with Gasteiger partial charge in [0.25, 0.3) is 0 Å². The van der Waals surface area contributed by atoms with Crippen molar-refractivity contribution in [3.05, 3.63) is 18.2 Å². The van der Waals surface area contributed by atoms with Gasteiger partial charge in [0.2, 0.25) is 5.91 Å². The molecule has 76 valence electrons.